The second-order valence-corrected chi connectivity index (χ2v) is 7.39. The zero-order chi connectivity index (χ0) is 20.1. The van der Waals surface area contributed by atoms with Crippen LogP contribution in [0.25, 0.3) is 0 Å². The molecule has 0 bridgehead atoms. The fourth-order valence-electron chi connectivity index (χ4n) is 2.66. The van der Waals surface area contributed by atoms with Gasteiger partial charge < -0.3 is 14.0 Å². The summed E-state index contributed by atoms with van der Waals surface area (Å²) in [6.45, 7) is 4.23. The van der Waals surface area contributed by atoms with Crippen molar-refractivity contribution < 1.29 is 14.3 Å². The molecule has 0 N–H and O–H groups in total. The van der Waals surface area contributed by atoms with Gasteiger partial charge in [0, 0.05) is 12.6 Å². The maximum Gasteiger partial charge on any atom is 0.191 e. The summed E-state index contributed by atoms with van der Waals surface area (Å²) < 4.78 is 12.7. The van der Waals surface area contributed by atoms with Crippen molar-refractivity contribution >= 4 is 17.5 Å². The second-order valence-electron chi connectivity index (χ2n) is 6.45. The Morgan fingerprint density at radius 2 is 1.79 bits per heavy atom. The van der Waals surface area contributed by atoms with Crippen LogP contribution in [0.2, 0.25) is 0 Å². The van der Waals surface area contributed by atoms with E-state index in [-0.39, 0.29) is 5.78 Å². The fraction of sp³-hybridized carbons (Fsp3) is 0.286. The zero-order valence-electron chi connectivity index (χ0n) is 16.4. The van der Waals surface area contributed by atoms with Gasteiger partial charge in [-0.3, -0.25) is 4.79 Å². The molecule has 28 heavy (non-hydrogen) atoms. The summed E-state index contributed by atoms with van der Waals surface area (Å²) in [6, 6.07) is 13.3. The van der Waals surface area contributed by atoms with Crippen molar-refractivity contribution in [2.75, 3.05) is 12.9 Å². The molecule has 7 heteroatoms. The predicted octanol–water partition coefficient (Wildman–Crippen LogP) is 3.99. The van der Waals surface area contributed by atoms with Crippen LogP contribution in [0.5, 0.6) is 11.5 Å². The van der Waals surface area contributed by atoms with E-state index in [0.717, 1.165) is 28.2 Å². The molecular formula is C21H23N3O3S. The van der Waals surface area contributed by atoms with Crippen LogP contribution in [0.1, 0.15) is 27.3 Å². The molecule has 0 amide bonds. The molecule has 0 saturated carbocycles. The minimum atomic E-state index is 0.0882. The Balaban J connectivity index is 1.59. The van der Waals surface area contributed by atoms with E-state index in [0.29, 0.717) is 23.3 Å². The third kappa shape index (κ3) is 4.72. The van der Waals surface area contributed by atoms with Crippen LogP contribution in [0.3, 0.4) is 0 Å². The summed E-state index contributed by atoms with van der Waals surface area (Å²) in [5.74, 6) is 2.60. The quantitative estimate of drug-likeness (QED) is 0.423. The van der Waals surface area contributed by atoms with Crippen LogP contribution < -0.4 is 9.47 Å². The molecule has 3 rings (SSSR count). The van der Waals surface area contributed by atoms with Gasteiger partial charge in [0.2, 0.25) is 0 Å². The number of methoxy groups -OCH3 is 1. The van der Waals surface area contributed by atoms with Crippen molar-refractivity contribution in [1.29, 1.82) is 0 Å². The topological polar surface area (TPSA) is 66.2 Å². The molecule has 6 nitrogen and oxygen atoms in total. The monoisotopic (exact) mass is 397 g/mol. The number of benzene rings is 2. The van der Waals surface area contributed by atoms with Crippen LogP contribution in [-0.2, 0) is 13.7 Å². The van der Waals surface area contributed by atoms with Crippen molar-refractivity contribution in [3.05, 3.63) is 65.0 Å². The number of ketones is 1. The average Bonchev–Trinajstić information content (AvgIpc) is 3.06. The molecule has 1 aromatic heterocycles. The molecule has 0 aliphatic heterocycles. The Hall–Kier alpha value is -2.80. The number of aryl methyl sites for hydroxylation is 2. The van der Waals surface area contributed by atoms with Gasteiger partial charge in [-0.1, -0.05) is 29.5 Å². The molecule has 2 aromatic carbocycles. The Bertz CT molecular complexity index is 968. The summed E-state index contributed by atoms with van der Waals surface area (Å²) in [5, 5.41) is 9.05. The Morgan fingerprint density at radius 1 is 1.07 bits per heavy atom. The van der Waals surface area contributed by atoms with Crippen molar-refractivity contribution in [2.24, 2.45) is 7.05 Å². The number of Topliss-reactive ketones (excluding diaryl/α,β-unsaturated/α-hetero) is 1. The summed E-state index contributed by atoms with van der Waals surface area (Å²) in [4.78, 5) is 12.6. The highest BCUT2D eigenvalue weighted by Gasteiger charge is 2.14. The Kier molecular flexibility index (Phi) is 6.36. The normalized spacial score (nSPS) is 10.7. The Labute approximate surface area is 168 Å². The van der Waals surface area contributed by atoms with Crippen molar-refractivity contribution in [3.8, 4) is 11.5 Å². The first kappa shape index (κ1) is 19.9. The van der Waals surface area contributed by atoms with Gasteiger partial charge in [-0.25, -0.2) is 0 Å². The molecule has 0 spiro atoms. The molecule has 0 aliphatic rings. The summed E-state index contributed by atoms with van der Waals surface area (Å²) in [6.07, 6.45) is 0. The van der Waals surface area contributed by atoms with Gasteiger partial charge in [0.1, 0.15) is 18.1 Å². The third-order valence-corrected chi connectivity index (χ3v) is 5.40. The first-order valence-electron chi connectivity index (χ1n) is 8.86. The van der Waals surface area contributed by atoms with Crippen LogP contribution >= 0.6 is 11.8 Å². The number of aromatic nitrogens is 3. The van der Waals surface area contributed by atoms with Crippen molar-refractivity contribution in [3.63, 3.8) is 0 Å². The lowest BCUT2D eigenvalue weighted by Gasteiger charge is -2.08. The first-order valence-corrected chi connectivity index (χ1v) is 9.85. The van der Waals surface area contributed by atoms with E-state index < -0.39 is 0 Å². The molecule has 0 radical (unpaired) electrons. The number of carbonyl (C=O) groups excluding carboxylic acids is 1. The third-order valence-electron chi connectivity index (χ3n) is 4.38. The molecule has 0 fully saturated rings. The first-order chi connectivity index (χ1) is 13.5. The van der Waals surface area contributed by atoms with Gasteiger partial charge in [-0.15, -0.1) is 10.2 Å². The van der Waals surface area contributed by atoms with E-state index in [1.165, 1.54) is 11.8 Å². The SMILES string of the molecule is COc1ccc(OCc2nnc(SCC(=O)c3cc(C)ccc3C)n2C)cc1. The van der Waals surface area contributed by atoms with Gasteiger partial charge in [-0.2, -0.15) is 0 Å². The summed E-state index contributed by atoms with van der Waals surface area (Å²) in [5.41, 5.74) is 2.83. The zero-order valence-corrected chi connectivity index (χ0v) is 17.2. The van der Waals surface area contributed by atoms with Crippen LogP contribution in [-0.4, -0.2) is 33.4 Å². The van der Waals surface area contributed by atoms with E-state index in [9.17, 15) is 4.79 Å². The lowest BCUT2D eigenvalue weighted by molar-refractivity contribution is 0.102. The highest BCUT2D eigenvalue weighted by atomic mass is 32.2. The summed E-state index contributed by atoms with van der Waals surface area (Å²) >= 11 is 1.38. The number of hydrogen-bond acceptors (Lipinski definition) is 6. The van der Waals surface area contributed by atoms with Gasteiger partial charge in [0.25, 0.3) is 0 Å². The molecule has 1 heterocycles. The molecule has 0 atom stereocenters. The van der Waals surface area contributed by atoms with E-state index in [2.05, 4.69) is 10.2 Å². The number of hydrogen-bond donors (Lipinski definition) is 0. The highest BCUT2D eigenvalue weighted by molar-refractivity contribution is 7.99. The Morgan fingerprint density at radius 3 is 2.50 bits per heavy atom. The number of carbonyl (C=O) groups is 1. The maximum absolute atomic E-state index is 12.6. The highest BCUT2D eigenvalue weighted by Crippen LogP contribution is 2.21. The van der Waals surface area contributed by atoms with E-state index in [4.69, 9.17) is 9.47 Å². The van der Waals surface area contributed by atoms with Crippen molar-refractivity contribution in [2.45, 2.75) is 25.6 Å². The summed E-state index contributed by atoms with van der Waals surface area (Å²) in [7, 11) is 3.50. The molecule has 0 saturated heterocycles. The smallest absolute Gasteiger partial charge is 0.191 e. The van der Waals surface area contributed by atoms with Crippen LogP contribution in [0.15, 0.2) is 47.6 Å². The van der Waals surface area contributed by atoms with E-state index >= 15 is 0 Å². The predicted molar refractivity (Wildman–Crippen MR) is 109 cm³/mol. The van der Waals surface area contributed by atoms with Gasteiger partial charge in [0.15, 0.2) is 16.8 Å². The second kappa shape index (κ2) is 8.93. The molecule has 0 unspecified atom stereocenters. The molecule has 0 aliphatic carbocycles. The van der Waals surface area contributed by atoms with Crippen LogP contribution in [0.4, 0.5) is 0 Å². The van der Waals surface area contributed by atoms with Crippen molar-refractivity contribution in [1.82, 2.24) is 14.8 Å². The average molecular weight is 398 g/mol. The molecular weight excluding hydrogens is 374 g/mol. The van der Waals surface area contributed by atoms with E-state index in [1.54, 1.807) is 7.11 Å². The molecule has 146 valence electrons. The van der Waals surface area contributed by atoms with Gasteiger partial charge in [0.05, 0.1) is 12.9 Å². The van der Waals surface area contributed by atoms with Gasteiger partial charge in [-0.05, 0) is 49.7 Å². The largest absolute Gasteiger partial charge is 0.497 e. The number of nitrogens with zero attached hydrogens (tertiary/aromatic N) is 3. The number of thioether (sulfide) groups is 1. The number of rotatable bonds is 8. The lowest BCUT2D eigenvalue weighted by Crippen LogP contribution is -2.07. The number of ether oxygens (including phenoxy) is 2. The maximum atomic E-state index is 12.6. The lowest BCUT2D eigenvalue weighted by atomic mass is 10.0. The standard InChI is InChI=1S/C21H23N3O3S/c1-14-5-6-15(2)18(11-14)19(25)13-28-21-23-22-20(24(21)3)12-27-17-9-7-16(26-4)8-10-17/h5-11H,12-13H2,1-4H3. The minimum Gasteiger partial charge on any atom is -0.497 e. The minimum absolute atomic E-state index is 0.0882. The fourth-order valence-corrected chi connectivity index (χ4v) is 3.47. The van der Waals surface area contributed by atoms with Gasteiger partial charge >= 0.3 is 0 Å². The molecule has 3 aromatic rings. The van der Waals surface area contributed by atoms with Crippen LogP contribution in [0, 0.1) is 13.8 Å². The van der Waals surface area contributed by atoms with E-state index in [1.807, 2.05) is 67.9 Å².